The predicted octanol–water partition coefficient (Wildman–Crippen LogP) is 4.35. The minimum absolute atomic E-state index is 0.316. The Balaban J connectivity index is 2.33. The molecule has 1 heterocycles. The lowest BCUT2D eigenvalue weighted by Crippen LogP contribution is -2.16. The number of hydrogen-bond donors (Lipinski definition) is 0. The van der Waals surface area contributed by atoms with Crippen LogP contribution in [0, 0.1) is 5.82 Å². The van der Waals surface area contributed by atoms with E-state index in [0.29, 0.717) is 23.1 Å². The SMILES string of the molecule is CCc1c(F)cncc1-c1ccc(OC(F)(F)F)cc1. The van der Waals surface area contributed by atoms with Crippen LogP contribution in [0.3, 0.4) is 0 Å². The Morgan fingerprint density at radius 1 is 1.10 bits per heavy atom. The lowest BCUT2D eigenvalue weighted by molar-refractivity contribution is -0.274. The molecule has 0 aliphatic carbocycles. The van der Waals surface area contributed by atoms with Gasteiger partial charge in [0.05, 0.1) is 6.20 Å². The van der Waals surface area contributed by atoms with E-state index in [1.807, 2.05) is 0 Å². The molecule has 0 fully saturated rings. The first-order chi connectivity index (χ1) is 9.40. The summed E-state index contributed by atoms with van der Waals surface area (Å²) in [5, 5.41) is 0. The van der Waals surface area contributed by atoms with Gasteiger partial charge in [0.2, 0.25) is 0 Å². The van der Waals surface area contributed by atoms with Crippen LogP contribution in [0.5, 0.6) is 5.75 Å². The molecule has 0 aliphatic heterocycles. The number of aromatic nitrogens is 1. The minimum atomic E-state index is -4.73. The molecule has 0 N–H and O–H groups in total. The van der Waals surface area contributed by atoms with E-state index in [1.54, 1.807) is 6.92 Å². The number of nitrogens with zero attached hydrogens (tertiary/aromatic N) is 1. The van der Waals surface area contributed by atoms with Gasteiger partial charge in [0, 0.05) is 11.8 Å². The topological polar surface area (TPSA) is 22.1 Å². The molecule has 2 nitrogen and oxygen atoms in total. The summed E-state index contributed by atoms with van der Waals surface area (Å²) < 4.78 is 53.5. The lowest BCUT2D eigenvalue weighted by atomic mass is 10.00. The molecule has 0 saturated heterocycles. The van der Waals surface area contributed by atoms with Crippen LogP contribution < -0.4 is 4.74 Å². The van der Waals surface area contributed by atoms with Crippen molar-refractivity contribution in [2.45, 2.75) is 19.7 Å². The molecule has 20 heavy (non-hydrogen) atoms. The van der Waals surface area contributed by atoms with Gasteiger partial charge in [-0.2, -0.15) is 0 Å². The molecule has 0 unspecified atom stereocenters. The first-order valence-corrected chi connectivity index (χ1v) is 5.89. The number of rotatable bonds is 3. The normalized spacial score (nSPS) is 11.4. The van der Waals surface area contributed by atoms with Gasteiger partial charge in [-0.15, -0.1) is 13.2 Å². The fourth-order valence-electron chi connectivity index (χ4n) is 1.91. The Labute approximate surface area is 113 Å². The third-order valence-corrected chi connectivity index (χ3v) is 2.76. The number of pyridine rings is 1. The van der Waals surface area contributed by atoms with Gasteiger partial charge in [-0.3, -0.25) is 4.98 Å². The Morgan fingerprint density at radius 3 is 2.30 bits per heavy atom. The number of benzene rings is 1. The first kappa shape index (κ1) is 14.3. The van der Waals surface area contributed by atoms with E-state index in [9.17, 15) is 17.6 Å². The van der Waals surface area contributed by atoms with E-state index in [2.05, 4.69) is 9.72 Å². The highest BCUT2D eigenvalue weighted by Crippen LogP contribution is 2.29. The van der Waals surface area contributed by atoms with Crippen LogP contribution in [-0.2, 0) is 6.42 Å². The van der Waals surface area contributed by atoms with Crippen molar-refractivity contribution in [1.29, 1.82) is 0 Å². The fraction of sp³-hybridized carbons (Fsp3) is 0.214. The van der Waals surface area contributed by atoms with E-state index >= 15 is 0 Å². The van der Waals surface area contributed by atoms with Crippen molar-refractivity contribution in [2.75, 3.05) is 0 Å². The zero-order valence-electron chi connectivity index (χ0n) is 10.5. The third-order valence-electron chi connectivity index (χ3n) is 2.76. The van der Waals surface area contributed by atoms with Crippen molar-refractivity contribution < 1.29 is 22.3 Å². The van der Waals surface area contributed by atoms with Gasteiger partial charge in [-0.25, -0.2) is 4.39 Å². The van der Waals surface area contributed by atoms with Crippen LogP contribution in [0.15, 0.2) is 36.7 Å². The largest absolute Gasteiger partial charge is 0.573 e. The molecule has 0 spiro atoms. The smallest absolute Gasteiger partial charge is 0.406 e. The van der Waals surface area contributed by atoms with Crippen molar-refractivity contribution in [1.82, 2.24) is 4.98 Å². The summed E-state index contributed by atoms with van der Waals surface area (Å²) in [7, 11) is 0. The molecule has 0 saturated carbocycles. The van der Waals surface area contributed by atoms with Gasteiger partial charge < -0.3 is 4.74 Å². The van der Waals surface area contributed by atoms with Crippen molar-refractivity contribution in [3.8, 4) is 16.9 Å². The van der Waals surface area contributed by atoms with Crippen LogP contribution in [0.25, 0.3) is 11.1 Å². The summed E-state index contributed by atoms with van der Waals surface area (Å²) in [5.41, 5.74) is 1.62. The lowest BCUT2D eigenvalue weighted by Gasteiger charge is -2.11. The van der Waals surface area contributed by atoms with Gasteiger partial charge in [0.1, 0.15) is 11.6 Å². The Morgan fingerprint density at radius 2 is 1.75 bits per heavy atom. The first-order valence-electron chi connectivity index (χ1n) is 5.89. The summed E-state index contributed by atoms with van der Waals surface area (Å²) in [6.07, 6.45) is -1.66. The molecule has 106 valence electrons. The maximum Gasteiger partial charge on any atom is 0.573 e. The number of alkyl halides is 3. The van der Waals surface area contributed by atoms with E-state index in [-0.39, 0.29) is 5.75 Å². The third kappa shape index (κ3) is 3.26. The molecular weight excluding hydrogens is 274 g/mol. The zero-order valence-corrected chi connectivity index (χ0v) is 10.5. The van der Waals surface area contributed by atoms with E-state index in [0.717, 1.165) is 6.20 Å². The molecule has 2 rings (SSSR count). The molecule has 0 aliphatic rings. The monoisotopic (exact) mass is 285 g/mol. The van der Waals surface area contributed by atoms with E-state index in [1.165, 1.54) is 30.5 Å². The van der Waals surface area contributed by atoms with Crippen LogP contribution in [0.2, 0.25) is 0 Å². The molecule has 1 aromatic carbocycles. The van der Waals surface area contributed by atoms with Crippen molar-refractivity contribution in [3.05, 3.63) is 48.0 Å². The second kappa shape index (κ2) is 5.48. The van der Waals surface area contributed by atoms with Gasteiger partial charge in [-0.1, -0.05) is 19.1 Å². The highest BCUT2D eigenvalue weighted by Gasteiger charge is 2.30. The minimum Gasteiger partial charge on any atom is -0.406 e. The summed E-state index contributed by atoms with van der Waals surface area (Å²) >= 11 is 0. The predicted molar refractivity (Wildman–Crippen MR) is 65.7 cm³/mol. The number of hydrogen-bond acceptors (Lipinski definition) is 2. The van der Waals surface area contributed by atoms with Crippen molar-refractivity contribution in [3.63, 3.8) is 0 Å². The Hall–Kier alpha value is -2.11. The van der Waals surface area contributed by atoms with E-state index < -0.39 is 12.2 Å². The molecule has 0 radical (unpaired) electrons. The number of ether oxygens (including phenoxy) is 1. The molecule has 0 amide bonds. The van der Waals surface area contributed by atoms with Crippen molar-refractivity contribution in [2.24, 2.45) is 0 Å². The maximum absolute atomic E-state index is 13.6. The summed E-state index contributed by atoms with van der Waals surface area (Å²) in [6.45, 7) is 1.79. The maximum atomic E-state index is 13.6. The second-order valence-corrected chi connectivity index (χ2v) is 4.07. The summed E-state index contributed by atoms with van der Waals surface area (Å²) in [6, 6.07) is 5.26. The van der Waals surface area contributed by atoms with Crippen LogP contribution in [-0.4, -0.2) is 11.3 Å². The molecular formula is C14H11F4NO. The van der Waals surface area contributed by atoms with Gasteiger partial charge in [-0.05, 0) is 29.7 Å². The average molecular weight is 285 g/mol. The molecule has 2 aromatic rings. The van der Waals surface area contributed by atoms with Gasteiger partial charge in [0.15, 0.2) is 0 Å². The standard InChI is InChI=1S/C14H11F4NO/c1-2-11-12(7-19-8-13(11)15)9-3-5-10(6-4-9)20-14(16,17)18/h3-8H,2H2,1H3. The number of halogens is 4. The van der Waals surface area contributed by atoms with Crippen molar-refractivity contribution >= 4 is 0 Å². The van der Waals surface area contributed by atoms with Gasteiger partial charge in [0.25, 0.3) is 0 Å². The molecule has 1 aromatic heterocycles. The quantitative estimate of drug-likeness (QED) is 0.782. The van der Waals surface area contributed by atoms with Crippen LogP contribution >= 0.6 is 0 Å². The average Bonchev–Trinajstić information content (AvgIpc) is 2.37. The molecule has 0 atom stereocenters. The zero-order chi connectivity index (χ0) is 14.8. The van der Waals surface area contributed by atoms with E-state index in [4.69, 9.17) is 0 Å². The van der Waals surface area contributed by atoms with Crippen LogP contribution in [0.4, 0.5) is 17.6 Å². The molecule has 6 heteroatoms. The Kier molecular flexibility index (Phi) is 3.92. The summed E-state index contributed by atoms with van der Waals surface area (Å²) in [4.78, 5) is 3.76. The summed E-state index contributed by atoms with van der Waals surface area (Å²) in [5.74, 6) is -0.746. The fourth-order valence-corrected chi connectivity index (χ4v) is 1.91. The highest BCUT2D eigenvalue weighted by atomic mass is 19.4. The molecule has 0 bridgehead atoms. The second-order valence-electron chi connectivity index (χ2n) is 4.07. The Bertz CT molecular complexity index is 593. The van der Waals surface area contributed by atoms with Crippen LogP contribution in [0.1, 0.15) is 12.5 Å². The highest BCUT2D eigenvalue weighted by molar-refractivity contribution is 5.67. The van der Waals surface area contributed by atoms with Gasteiger partial charge >= 0.3 is 6.36 Å².